The SMILES string of the molecule is CCC(C)n1ncn(-c2ccc(N3CCN(c4ccc(Br)cc4)CC3)cc2)c1=O. The molecule has 7 heteroatoms. The summed E-state index contributed by atoms with van der Waals surface area (Å²) in [5.74, 6) is 0. The smallest absolute Gasteiger partial charge is 0.350 e. The third-order valence-electron chi connectivity index (χ3n) is 5.67. The van der Waals surface area contributed by atoms with Gasteiger partial charge in [0.15, 0.2) is 0 Å². The molecule has 0 N–H and O–H groups in total. The van der Waals surface area contributed by atoms with Gasteiger partial charge in [-0.25, -0.2) is 14.0 Å². The van der Waals surface area contributed by atoms with Gasteiger partial charge in [-0.15, -0.1) is 0 Å². The highest BCUT2D eigenvalue weighted by Gasteiger charge is 2.18. The summed E-state index contributed by atoms with van der Waals surface area (Å²) in [6.45, 7) is 7.99. The fraction of sp³-hybridized carbons (Fsp3) is 0.364. The normalized spacial score (nSPS) is 15.6. The van der Waals surface area contributed by atoms with Crippen LogP contribution in [0.5, 0.6) is 0 Å². The summed E-state index contributed by atoms with van der Waals surface area (Å²) in [5.41, 5.74) is 3.21. The van der Waals surface area contributed by atoms with Crippen molar-refractivity contribution in [1.29, 1.82) is 0 Å². The van der Waals surface area contributed by atoms with E-state index in [2.05, 4.69) is 74.2 Å². The van der Waals surface area contributed by atoms with E-state index in [1.807, 2.05) is 19.1 Å². The molecule has 1 aliphatic heterocycles. The van der Waals surface area contributed by atoms with Crippen molar-refractivity contribution in [3.63, 3.8) is 0 Å². The summed E-state index contributed by atoms with van der Waals surface area (Å²) in [6, 6.07) is 16.8. The second kappa shape index (κ2) is 8.45. The third-order valence-corrected chi connectivity index (χ3v) is 6.20. The molecule has 0 radical (unpaired) electrons. The van der Waals surface area contributed by atoms with Crippen molar-refractivity contribution < 1.29 is 0 Å². The minimum Gasteiger partial charge on any atom is -0.368 e. The molecule has 4 rings (SSSR count). The lowest BCUT2D eigenvalue weighted by Gasteiger charge is -2.37. The molecule has 29 heavy (non-hydrogen) atoms. The lowest BCUT2D eigenvalue weighted by molar-refractivity contribution is 0.460. The van der Waals surface area contributed by atoms with Crippen LogP contribution in [-0.4, -0.2) is 40.5 Å². The molecule has 2 aromatic carbocycles. The Morgan fingerprint density at radius 3 is 1.90 bits per heavy atom. The fourth-order valence-electron chi connectivity index (χ4n) is 3.67. The molecule has 1 aliphatic rings. The van der Waals surface area contributed by atoms with E-state index in [4.69, 9.17) is 0 Å². The van der Waals surface area contributed by atoms with Gasteiger partial charge in [0.2, 0.25) is 0 Å². The van der Waals surface area contributed by atoms with Crippen LogP contribution in [-0.2, 0) is 0 Å². The van der Waals surface area contributed by atoms with Crippen LogP contribution >= 0.6 is 15.9 Å². The summed E-state index contributed by atoms with van der Waals surface area (Å²) in [6.07, 6.45) is 2.49. The number of aromatic nitrogens is 3. The first-order chi connectivity index (χ1) is 14.1. The van der Waals surface area contributed by atoms with E-state index in [9.17, 15) is 4.79 Å². The van der Waals surface area contributed by atoms with Crippen LogP contribution in [0.15, 0.2) is 64.1 Å². The van der Waals surface area contributed by atoms with Gasteiger partial charge in [0.25, 0.3) is 0 Å². The molecule has 1 aromatic heterocycles. The standard InChI is InChI=1S/C22H26BrN5O/c1-3-17(2)28-22(29)27(16-24-28)21-10-8-20(9-11-21)26-14-12-25(13-15-26)19-6-4-18(23)5-7-19/h4-11,16-17H,3,12-15H2,1-2H3. The molecule has 152 valence electrons. The van der Waals surface area contributed by atoms with Gasteiger partial charge in [0.05, 0.1) is 11.7 Å². The Labute approximate surface area is 179 Å². The van der Waals surface area contributed by atoms with Crippen molar-refractivity contribution in [1.82, 2.24) is 14.3 Å². The van der Waals surface area contributed by atoms with Gasteiger partial charge in [-0.05, 0) is 61.9 Å². The molecule has 1 atom stereocenters. The van der Waals surface area contributed by atoms with E-state index in [1.165, 1.54) is 11.4 Å². The van der Waals surface area contributed by atoms with Crippen LogP contribution in [0.1, 0.15) is 26.3 Å². The summed E-state index contributed by atoms with van der Waals surface area (Å²) in [5, 5.41) is 4.27. The van der Waals surface area contributed by atoms with Crippen LogP contribution in [0.25, 0.3) is 5.69 Å². The van der Waals surface area contributed by atoms with E-state index < -0.39 is 0 Å². The molecule has 6 nitrogen and oxygen atoms in total. The first-order valence-corrected chi connectivity index (χ1v) is 10.9. The predicted octanol–water partition coefficient (Wildman–Crippen LogP) is 4.09. The molecule has 1 unspecified atom stereocenters. The van der Waals surface area contributed by atoms with Gasteiger partial charge in [-0.1, -0.05) is 22.9 Å². The maximum Gasteiger partial charge on any atom is 0.350 e. The number of halogens is 1. The Balaban J connectivity index is 1.43. The van der Waals surface area contributed by atoms with E-state index >= 15 is 0 Å². The third kappa shape index (κ3) is 4.10. The van der Waals surface area contributed by atoms with Gasteiger partial charge in [0, 0.05) is 42.0 Å². The summed E-state index contributed by atoms with van der Waals surface area (Å²) in [4.78, 5) is 17.4. The first kappa shape index (κ1) is 19.8. The highest BCUT2D eigenvalue weighted by atomic mass is 79.9. The molecular formula is C22H26BrN5O. The molecule has 0 bridgehead atoms. The van der Waals surface area contributed by atoms with Crippen LogP contribution in [0.2, 0.25) is 0 Å². The van der Waals surface area contributed by atoms with Crippen LogP contribution < -0.4 is 15.5 Å². The molecule has 0 spiro atoms. The zero-order chi connectivity index (χ0) is 20.4. The monoisotopic (exact) mass is 455 g/mol. The summed E-state index contributed by atoms with van der Waals surface area (Å²) in [7, 11) is 0. The maximum absolute atomic E-state index is 12.6. The van der Waals surface area contributed by atoms with Gasteiger partial charge < -0.3 is 9.80 Å². The Kier molecular flexibility index (Phi) is 5.76. The second-order valence-corrected chi connectivity index (χ2v) is 8.37. The van der Waals surface area contributed by atoms with Crippen LogP contribution in [0, 0.1) is 0 Å². The molecule has 0 saturated carbocycles. The van der Waals surface area contributed by atoms with Crippen molar-refractivity contribution in [2.24, 2.45) is 0 Å². The largest absolute Gasteiger partial charge is 0.368 e. The van der Waals surface area contributed by atoms with Gasteiger partial charge >= 0.3 is 5.69 Å². The number of hydrogen-bond acceptors (Lipinski definition) is 4. The van der Waals surface area contributed by atoms with Crippen LogP contribution in [0.3, 0.4) is 0 Å². The average molecular weight is 456 g/mol. The van der Waals surface area contributed by atoms with Crippen molar-refractivity contribution in [3.8, 4) is 5.69 Å². The molecular weight excluding hydrogens is 430 g/mol. The summed E-state index contributed by atoms with van der Waals surface area (Å²) < 4.78 is 4.27. The van der Waals surface area contributed by atoms with Crippen LogP contribution in [0.4, 0.5) is 11.4 Å². The van der Waals surface area contributed by atoms with E-state index in [1.54, 1.807) is 15.6 Å². The Morgan fingerprint density at radius 2 is 1.38 bits per heavy atom. The lowest BCUT2D eigenvalue weighted by atomic mass is 10.2. The van der Waals surface area contributed by atoms with Crippen molar-refractivity contribution in [3.05, 3.63) is 69.8 Å². The highest BCUT2D eigenvalue weighted by molar-refractivity contribution is 9.10. The fourth-order valence-corrected chi connectivity index (χ4v) is 3.93. The number of benzene rings is 2. The average Bonchev–Trinajstić information content (AvgIpc) is 3.15. The van der Waals surface area contributed by atoms with Crippen molar-refractivity contribution in [2.45, 2.75) is 26.3 Å². The molecule has 0 aliphatic carbocycles. The quantitative estimate of drug-likeness (QED) is 0.580. The lowest BCUT2D eigenvalue weighted by Crippen LogP contribution is -2.46. The highest BCUT2D eigenvalue weighted by Crippen LogP contribution is 2.23. The topological polar surface area (TPSA) is 46.3 Å². The minimum absolute atomic E-state index is 0.0878. The van der Waals surface area contributed by atoms with Crippen molar-refractivity contribution in [2.75, 3.05) is 36.0 Å². The maximum atomic E-state index is 12.6. The number of nitrogens with zero attached hydrogens (tertiary/aromatic N) is 5. The van der Waals surface area contributed by atoms with E-state index in [0.29, 0.717) is 0 Å². The van der Waals surface area contributed by atoms with Gasteiger partial charge in [0.1, 0.15) is 6.33 Å². The Morgan fingerprint density at radius 1 is 0.897 bits per heavy atom. The van der Waals surface area contributed by atoms with E-state index in [0.717, 1.165) is 42.8 Å². The number of anilines is 2. The molecule has 2 heterocycles. The molecule has 1 fully saturated rings. The molecule has 0 amide bonds. The molecule has 3 aromatic rings. The number of hydrogen-bond donors (Lipinski definition) is 0. The van der Waals surface area contributed by atoms with Crippen molar-refractivity contribution >= 4 is 27.3 Å². The van der Waals surface area contributed by atoms with Gasteiger partial charge in [-0.2, -0.15) is 5.10 Å². The minimum atomic E-state index is -0.0878. The van der Waals surface area contributed by atoms with Gasteiger partial charge in [-0.3, -0.25) is 0 Å². The van der Waals surface area contributed by atoms with E-state index in [-0.39, 0.29) is 11.7 Å². The predicted molar refractivity (Wildman–Crippen MR) is 121 cm³/mol. The zero-order valence-electron chi connectivity index (χ0n) is 16.8. The molecule has 1 saturated heterocycles. The summed E-state index contributed by atoms with van der Waals surface area (Å²) >= 11 is 3.50. The Hall–Kier alpha value is -2.54. The number of piperazine rings is 1. The number of rotatable bonds is 5. The second-order valence-electron chi connectivity index (χ2n) is 7.45. The Bertz CT molecular complexity index is 1000. The first-order valence-electron chi connectivity index (χ1n) is 10.1. The zero-order valence-corrected chi connectivity index (χ0v) is 18.4.